The monoisotopic (exact) mass is 569 g/mol. The molecule has 38 heavy (non-hydrogen) atoms. The Kier molecular flexibility index (Phi) is 8.40. The van der Waals surface area contributed by atoms with Crippen molar-refractivity contribution in [3.05, 3.63) is 27.8 Å². The molecule has 1 saturated carbocycles. The Labute approximate surface area is 229 Å². The Bertz CT molecular complexity index is 1200. The third-order valence-corrected chi connectivity index (χ3v) is 7.54. The highest BCUT2D eigenvalue weighted by Crippen LogP contribution is 2.39. The van der Waals surface area contributed by atoms with E-state index in [0.717, 1.165) is 29.7 Å². The third-order valence-electron chi connectivity index (χ3n) is 6.11. The van der Waals surface area contributed by atoms with Gasteiger partial charge in [-0.25, -0.2) is 13.6 Å². The van der Waals surface area contributed by atoms with E-state index in [1.165, 1.54) is 22.1 Å². The molecule has 2 aromatic heterocycles. The molecule has 0 spiro atoms. The molecule has 10 nitrogen and oxygen atoms in total. The Morgan fingerprint density at radius 2 is 2.03 bits per heavy atom. The molecule has 0 unspecified atom stereocenters. The van der Waals surface area contributed by atoms with Crippen molar-refractivity contribution in [1.29, 1.82) is 0 Å². The van der Waals surface area contributed by atoms with Crippen LogP contribution in [0.4, 0.5) is 24.4 Å². The lowest BCUT2D eigenvalue weighted by atomic mass is 9.91. The molecule has 0 aliphatic heterocycles. The van der Waals surface area contributed by atoms with Crippen LogP contribution in [0.1, 0.15) is 73.0 Å². The van der Waals surface area contributed by atoms with Crippen molar-refractivity contribution in [3.63, 3.8) is 0 Å². The number of hydrogen-bond donors (Lipinski definition) is 5. The molecule has 2 aromatic rings. The normalized spacial score (nSPS) is 17.0. The van der Waals surface area contributed by atoms with Crippen molar-refractivity contribution >= 4 is 51.5 Å². The summed E-state index contributed by atoms with van der Waals surface area (Å²) in [7, 11) is 1.55. The van der Waals surface area contributed by atoms with E-state index in [1.54, 1.807) is 27.8 Å². The summed E-state index contributed by atoms with van der Waals surface area (Å²) in [6, 6.07) is 1.16. The molecule has 0 saturated heterocycles. The van der Waals surface area contributed by atoms with Gasteiger partial charge in [0.15, 0.2) is 5.11 Å². The Balaban J connectivity index is 1.43. The van der Waals surface area contributed by atoms with Crippen LogP contribution in [0, 0.1) is 5.92 Å². The minimum atomic E-state index is -2.67. The van der Waals surface area contributed by atoms with Crippen LogP contribution in [0.5, 0.6) is 0 Å². The molecule has 208 valence electrons. The molecule has 0 bridgehead atoms. The molecule has 2 heterocycles. The lowest BCUT2D eigenvalue weighted by Gasteiger charge is -2.25. The van der Waals surface area contributed by atoms with E-state index in [0.29, 0.717) is 41.7 Å². The molecule has 2 amide bonds. The zero-order chi connectivity index (χ0) is 27.6. The average molecular weight is 570 g/mol. The van der Waals surface area contributed by atoms with Gasteiger partial charge in [-0.2, -0.15) is 5.10 Å². The summed E-state index contributed by atoms with van der Waals surface area (Å²) in [5, 5.41) is 13.5. The summed E-state index contributed by atoms with van der Waals surface area (Å²) in [6.45, 7) is 5.95. The highest BCUT2D eigenvalue weighted by atomic mass is 32.1. The SMILES string of the molecule is Cn1nc(C(F)F)cc1NNC(=S)N[C@H]1CCc2sc(NC(=O)OC(C)(C)C)c(C(=O)NCC3CC3)c2C1. The second kappa shape index (κ2) is 11.4. The largest absolute Gasteiger partial charge is 0.444 e. The molecule has 14 heteroatoms. The predicted octanol–water partition coefficient (Wildman–Crippen LogP) is 4.25. The highest BCUT2D eigenvalue weighted by molar-refractivity contribution is 7.80. The number of hydrazine groups is 1. The van der Waals surface area contributed by atoms with Crippen LogP contribution in [-0.2, 0) is 24.6 Å². The summed E-state index contributed by atoms with van der Waals surface area (Å²) in [5.41, 5.74) is 5.94. The van der Waals surface area contributed by atoms with Crippen LogP contribution in [0.15, 0.2) is 6.07 Å². The zero-order valence-electron chi connectivity index (χ0n) is 21.7. The van der Waals surface area contributed by atoms with Gasteiger partial charge in [0.25, 0.3) is 12.3 Å². The molecule has 5 N–H and O–H groups in total. The molecule has 0 radical (unpaired) electrons. The third kappa shape index (κ3) is 7.31. The molecule has 2 aliphatic carbocycles. The first-order valence-electron chi connectivity index (χ1n) is 12.5. The minimum Gasteiger partial charge on any atom is -0.444 e. The first kappa shape index (κ1) is 28.0. The number of anilines is 2. The second-order valence-corrected chi connectivity index (χ2v) is 12.0. The number of amides is 2. The van der Waals surface area contributed by atoms with Gasteiger partial charge in [0, 0.05) is 30.6 Å². The predicted molar refractivity (Wildman–Crippen MR) is 146 cm³/mol. The Morgan fingerprint density at radius 3 is 2.66 bits per heavy atom. The van der Waals surface area contributed by atoms with Gasteiger partial charge in [0.1, 0.15) is 22.1 Å². The van der Waals surface area contributed by atoms with Crippen LogP contribution in [0.2, 0.25) is 0 Å². The molecule has 0 aromatic carbocycles. The van der Waals surface area contributed by atoms with E-state index < -0.39 is 18.1 Å². The summed E-state index contributed by atoms with van der Waals surface area (Å²) in [5.74, 6) is 0.632. The van der Waals surface area contributed by atoms with E-state index in [4.69, 9.17) is 17.0 Å². The van der Waals surface area contributed by atoms with E-state index in [-0.39, 0.29) is 22.8 Å². The molecular formula is C24H33F2N7O3S2. The van der Waals surface area contributed by atoms with Crippen molar-refractivity contribution in [2.45, 2.75) is 70.9 Å². The van der Waals surface area contributed by atoms with Crippen molar-refractivity contribution in [2.24, 2.45) is 13.0 Å². The van der Waals surface area contributed by atoms with Gasteiger partial charge in [-0.15, -0.1) is 11.3 Å². The zero-order valence-corrected chi connectivity index (χ0v) is 23.4. The lowest BCUT2D eigenvalue weighted by Crippen LogP contribution is -2.46. The Morgan fingerprint density at radius 1 is 1.29 bits per heavy atom. The number of thiocarbonyl (C=S) groups is 1. The molecule has 1 fully saturated rings. The van der Waals surface area contributed by atoms with Gasteiger partial charge in [-0.1, -0.05) is 0 Å². The molecular weight excluding hydrogens is 536 g/mol. The number of fused-ring (bicyclic) bond motifs is 1. The number of thiophene rings is 1. The number of hydrogen-bond acceptors (Lipinski definition) is 7. The van der Waals surface area contributed by atoms with Crippen molar-refractivity contribution in [3.8, 4) is 0 Å². The van der Waals surface area contributed by atoms with Gasteiger partial charge in [-0.3, -0.25) is 25.6 Å². The maximum atomic E-state index is 13.2. The minimum absolute atomic E-state index is 0.0774. The number of nitrogens with one attached hydrogen (secondary N) is 5. The molecule has 2 aliphatic rings. The maximum Gasteiger partial charge on any atom is 0.412 e. The topological polar surface area (TPSA) is 121 Å². The van der Waals surface area contributed by atoms with E-state index in [9.17, 15) is 18.4 Å². The van der Waals surface area contributed by atoms with Gasteiger partial charge < -0.3 is 15.4 Å². The van der Waals surface area contributed by atoms with Crippen molar-refractivity contribution in [2.75, 3.05) is 17.3 Å². The fraction of sp³-hybridized carbons (Fsp3) is 0.583. The number of aromatic nitrogens is 2. The number of alkyl halides is 2. The number of ether oxygens (including phenoxy) is 1. The smallest absolute Gasteiger partial charge is 0.412 e. The van der Waals surface area contributed by atoms with Gasteiger partial charge in [0.2, 0.25) is 0 Å². The van der Waals surface area contributed by atoms with Gasteiger partial charge >= 0.3 is 6.09 Å². The molecule has 1 atom stereocenters. The van der Waals surface area contributed by atoms with E-state index in [2.05, 4.69) is 31.9 Å². The van der Waals surface area contributed by atoms with Crippen molar-refractivity contribution in [1.82, 2.24) is 25.8 Å². The fourth-order valence-electron chi connectivity index (χ4n) is 4.13. The van der Waals surface area contributed by atoms with Crippen LogP contribution >= 0.6 is 23.6 Å². The highest BCUT2D eigenvalue weighted by Gasteiger charge is 2.32. The average Bonchev–Trinajstić information content (AvgIpc) is 3.47. The van der Waals surface area contributed by atoms with Crippen LogP contribution in [-0.4, -0.2) is 45.1 Å². The van der Waals surface area contributed by atoms with Crippen LogP contribution in [0.3, 0.4) is 0 Å². The number of carbonyl (C=O) groups is 2. The summed E-state index contributed by atoms with van der Waals surface area (Å²) in [4.78, 5) is 26.8. The van der Waals surface area contributed by atoms with Crippen molar-refractivity contribution < 1.29 is 23.1 Å². The summed E-state index contributed by atoms with van der Waals surface area (Å²) >= 11 is 6.79. The number of halogens is 2. The fourth-order valence-corrected chi connectivity index (χ4v) is 5.58. The number of aryl methyl sites for hydroxylation is 2. The Hall–Kier alpha value is -3.00. The summed E-state index contributed by atoms with van der Waals surface area (Å²) < 4.78 is 32.5. The quantitative estimate of drug-likeness (QED) is 0.236. The second-order valence-electron chi connectivity index (χ2n) is 10.5. The van der Waals surface area contributed by atoms with Crippen LogP contribution in [0.25, 0.3) is 0 Å². The molecule has 4 rings (SSSR count). The van der Waals surface area contributed by atoms with E-state index in [1.807, 2.05) is 0 Å². The van der Waals surface area contributed by atoms with Gasteiger partial charge in [0.05, 0.1) is 5.56 Å². The maximum absolute atomic E-state index is 13.2. The number of nitrogens with zero attached hydrogens (tertiary/aromatic N) is 2. The van der Waals surface area contributed by atoms with Crippen LogP contribution < -0.4 is 26.8 Å². The first-order chi connectivity index (χ1) is 17.9. The standard InChI is InChI=1S/C24H33F2N7O3S2/c1-24(2,3)36-23(35)29-21-18(20(34)27-11-12-5-6-12)14-9-13(7-8-16(14)38-21)28-22(37)31-30-17-10-15(19(25)26)32-33(17)4/h10,12-13,19,30H,5-9,11H2,1-4H3,(H,27,34)(H,29,35)(H2,28,31,37)/t13-/m0/s1. The number of carbonyl (C=O) groups excluding carboxylic acids is 2. The lowest BCUT2D eigenvalue weighted by molar-refractivity contribution is 0.0636. The van der Waals surface area contributed by atoms with Gasteiger partial charge in [-0.05, 0) is 76.6 Å². The summed E-state index contributed by atoms with van der Waals surface area (Å²) in [6.07, 6.45) is 0.919. The van der Waals surface area contributed by atoms with E-state index >= 15 is 0 Å². The number of rotatable bonds is 8. The first-order valence-corrected chi connectivity index (χ1v) is 13.7.